The Hall–Kier alpha value is -1.51. The van der Waals surface area contributed by atoms with Crippen LogP contribution in [0.4, 0.5) is 0 Å². The van der Waals surface area contributed by atoms with E-state index in [0.29, 0.717) is 19.1 Å². The highest BCUT2D eigenvalue weighted by Gasteiger charge is 2.14. The molecule has 1 aliphatic carbocycles. The molecular formula is C19H29NO2. The van der Waals surface area contributed by atoms with E-state index in [-0.39, 0.29) is 5.91 Å². The lowest BCUT2D eigenvalue weighted by atomic mass is 9.96. The van der Waals surface area contributed by atoms with E-state index in [9.17, 15) is 4.79 Å². The standard InChI is InChI=1S/C19H29NO2/c1-2-22-18-13-9-8-10-16(18)14-15-19(21)20-17-11-6-4-3-5-7-12-17/h8-10,13,17H,2-7,11-12,14-15H2,1H3,(H,20,21). The average molecular weight is 303 g/mol. The van der Waals surface area contributed by atoms with Crippen molar-refractivity contribution in [2.75, 3.05) is 6.61 Å². The number of amides is 1. The van der Waals surface area contributed by atoms with Crippen LogP contribution in [0.15, 0.2) is 24.3 Å². The molecule has 3 nitrogen and oxygen atoms in total. The van der Waals surface area contributed by atoms with Crippen molar-refractivity contribution in [3.63, 3.8) is 0 Å². The molecule has 0 spiro atoms. The second-order valence-corrected chi connectivity index (χ2v) is 6.15. The lowest BCUT2D eigenvalue weighted by Crippen LogP contribution is -2.35. The number of aryl methyl sites for hydroxylation is 1. The van der Waals surface area contributed by atoms with Gasteiger partial charge < -0.3 is 10.1 Å². The van der Waals surface area contributed by atoms with E-state index < -0.39 is 0 Å². The summed E-state index contributed by atoms with van der Waals surface area (Å²) in [4.78, 5) is 12.2. The van der Waals surface area contributed by atoms with E-state index in [1.807, 2.05) is 31.2 Å². The van der Waals surface area contributed by atoms with Crippen molar-refractivity contribution in [2.45, 2.75) is 70.8 Å². The fourth-order valence-electron chi connectivity index (χ4n) is 3.16. The quantitative estimate of drug-likeness (QED) is 0.853. The molecular weight excluding hydrogens is 274 g/mol. The van der Waals surface area contributed by atoms with E-state index in [1.165, 1.54) is 32.1 Å². The van der Waals surface area contributed by atoms with Crippen LogP contribution in [0.5, 0.6) is 5.75 Å². The van der Waals surface area contributed by atoms with Gasteiger partial charge in [0.2, 0.25) is 5.91 Å². The van der Waals surface area contributed by atoms with E-state index in [0.717, 1.165) is 30.6 Å². The van der Waals surface area contributed by atoms with Gasteiger partial charge in [0.1, 0.15) is 5.75 Å². The topological polar surface area (TPSA) is 38.3 Å². The van der Waals surface area contributed by atoms with Gasteiger partial charge in [-0.2, -0.15) is 0 Å². The number of rotatable bonds is 6. The first-order chi connectivity index (χ1) is 10.8. The number of hydrogen-bond donors (Lipinski definition) is 1. The molecule has 0 atom stereocenters. The Kier molecular flexibility index (Phi) is 7.27. The zero-order chi connectivity index (χ0) is 15.6. The molecule has 0 unspecified atom stereocenters. The van der Waals surface area contributed by atoms with E-state index >= 15 is 0 Å². The summed E-state index contributed by atoms with van der Waals surface area (Å²) in [5.74, 6) is 1.08. The fraction of sp³-hybridized carbons (Fsp3) is 0.632. The molecule has 0 saturated heterocycles. The van der Waals surface area contributed by atoms with E-state index in [2.05, 4.69) is 5.32 Å². The van der Waals surface area contributed by atoms with Crippen molar-refractivity contribution in [1.82, 2.24) is 5.32 Å². The third-order valence-electron chi connectivity index (χ3n) is 4.36. The molecule has 0 aliphatic heterocycles. The van der Waals surface area contributed by atoms with E-state index in [1.54, 1.807) is 0 Å². The van der Waals surface area contributed by atoms with Crippen LogP contribution < -0.4 is 10.1 Å². The predicted octanol–water partition coefficient (Wildman–Crippen LogP) is 4.25. The van der Waals surface area contributed by atoms with Gasteiger partial charge in [-0.3, -0.25) is 4.79 Å². The summed E-state index contributed by atoms with van der Waals surface area (Å²) < 4.78 is 5.62. The molecule has 1 aromatic rings. The molecule has 2 rings (SSSR count). The van der Waals surface area contributed by atoms with Crippen LogP contribution in [0, 0.1) is 0 Å². The first-order valence-electron chi connectivity index (χ1n) is 8.79. The van der Waals surface area contributed by atoms with Gasteiger partial charge in [0, 0.05) is 12.5 Å². The first-order valence-corrected chi connectivity index (χ1v) is 8.79. The van der Waals surface area contributed by atoms with Crippen molar-refractivity contribution in [2.24, 2.45) is 0 Å². The number of benzene rings is 1. The summed E-state index contributed by atoms with van der Waals surface area (Å²) in [7, 11) is 0. The zero-order valence-electron chi connectivity index (χ0n) is 13.8. The van der Waals surface area contributed by atoms with Gasteiger partial charge in [0.25, 0.3) is 0 Å². The highest BCUT2D eigenvalue weighted by Crippen LogP contribution is 2.20. The van der Waals surface area contributed by atoms with Crippen molar-refractivity contribution < 1.29 is 9.53 Å². The monoisotopic (exact) mass is 303 g/mol. The Labute approximate surface area is 134 Å². The number of carbonyl (C=O) groups is 1. The van der Waals surface area contributed by atoms with Crippen LogP contribution in [0.25, 0.3) is 0 Å². The van der Waals surface area contributed by atoms with Crippen molar-refractivity contribution in [3.8, 4) is 5.75 Å². The van der Waals surface area contributed by atoms with Gasteiger partial charge in [0.05, 0.1) is 6.61 Å². The Morgan fingerprint density at radius 1 is 1.14 bits per heavy atom. The van der Waals surface area contributed by atoms with Crippen LogP contribution in [0.2, 0.25) is 0 Å². The number of ether oxygens (including phenoxy) is 1. The maximum Gasteiger partial charge on any atom is 0.220 e. The SMILES string of the molecule is CCOc1ccccc1CCC(=O)NC1CCCCCCC1. The minimum atomic E-state index is 0.178. The largest absolute Gasteiger partial charge is 0.494 e. The Balaban J connectivity index is 1.79. The second kappa shape index (κ2) is 9.50. The number of hydrogen-bond acceptors (Lipinski definition) is 2. The average Bonchev–Trinajstić information content (AvgIpc) is 2.49. The van der Waals surface area contributed by atoms with Gasteiger partial charge in [0.15, 0.2) is 0 Å². The summed E-state index contributed by atoms with van der Waals surface area (Å²) >= 11 is 0. The molecule has 0 bridgehead atoms. The second-order valence-electron chi connectivity index (χ2n) is 6.15. The van der Waals surface area contributed by atoms with Crippen LogP contribution >= 0.6 is 0 Å². The van der Waals surface area contributed by atoms with Gasteiger partial charge in [-0.05, 0) is 37.8 Å². The maximum absolute atomic E-state index is 12.2. The third kappa shape index (κ3) is 5.70. The molecule has 1 saturated carbocycles. The molecule has 1 aliphatic rings. The molecule has 1 amide bonds. The molecule has 1 aromatic carbocycles. The Morgan fingerprint density at radius 2 is 1.82 bits per heavy atom. The fourth-order valence-corrected chi connectivity index (χ4v) is 3.16. The first kappa shape index (κ1) is 16.9. The zero-order valence-corrected chi connectivity index (χ0v) is 13.8. The summed E-state index contributed by atoms with van der Waals surface area (Å²) in [6.07, 6.45) is 10.0. The normalized spacial score (nSPS) is 16.6. The smallest absolute Gasteiger partial charge is 0.220 e. The molecule has 1 N–H and O–H groups in total. The maximum atomic E-state index is 12.2. The minimum Gasteiger partial charge on any atom is -0.494 e. The van der Waals surface area contributed by atoms with Crippen molar-refractivity contribution in [1.29, 1.82) is 0 Å². The number of carbonyl (C=O) groups excluding carboxylic acids is 1. The third-order valence-corrected chi connectivity index (χ3v) is 4.36. The van der Waals surface area contributed by atoms with E-state index in [4.69, 9.17) is 4.74 Å². The molecule has 3 heteroatoms. The highest BCUT2D eigenvalue weighted by molar-refractivity contribution is 5.76. The Bertz CT molecular complexity index is 451. The van der Waals surface area contributed by atoms with Gasteiger partial charge in [-0.15, -0.1) is 0 Å². The minimum absolute atomic E-state index is 0.178. The molecule has 1 fully saturated rings. The molecule has 22 heavy (non-hydrogen) atoms. The van der Waals surface area contributed by atoms with Gasteiger partial charge in [-0.1, -0.05) is 50.3 Å². The van der Waals surface area contributed by atoms with Crippen LogP contribution in [0.3, 0.4) is 0 Å². The predicted molar refractivity (Wildman–Crippen MR) is 90.2 cm³/mol. The van der Waals surface area contributed by atoms with Crippen LogP contribution in [-0.2, 0) is 11.2 Å². The molecule has 122 valence electrons. The lowest BCUT2D eigenvalue weighted by Gasteiger charge is -2.21. The number of nitrogens with one attached hydrogen (secondary N) is 1. The Morgan fingerprint density at radius 3 is 2.55 bits per heavy atom. The summed E-state index contributed by atoms with van der Waals surface area (Å²) in [5, 5.41) is 3.23. The van der Waals surface area contributed by atoms with Crippen molar-refractivity contribution in [3.05, 3.63) is 29.8 Å². The summed E-state index contributed by atoms with van der Waals surface area (Å²) in [5.41, 5.74) is 1.12. The number of para-hydroxylation sites is 1. The molecule has 0 radical (unpaired) electrons. The van der Waals surface area contributed by atoms with Gasteiger partial charge >= 0.3 is 0 Å². The molecule has 0 heterocycles. The summed E-state index contributed by atoms with van der Waals surface area (Å²) in [6, 6.07) is 8.39. The lowest BCUT2D eigenvalue weighted by molar-refractivity contribution is -0.121. The van der Waals surface area contributed by atoms with Crippen molar-refractivity contribution >= 4 is 5.91 Å². The highest BCUT2D eigenvalue weighted by atomic mass is 16.5. The summed E-state index contributed by atoms with van der Waals surface area (Å²) in [6.45, 7) is 2.64. The molecule has 0 aromatic heterocycles. The van der Waals surface area contributed by atoms with Crippen LogP contribution in [-0.4, -0.2) is 18.6 Å². The van der Waals surface area contributed by atoms with Crippen LogP contribution in [0.1, 0.15) is 63.9 Å². The van der Waals surface area contributed by atoms with Gasteiger partial charge in [-0.25, -0.2) is 0 Å².